The van der Waals surface area contributed by atoms with Crippen molar-refractivity contribution < 1.29 is 9.13 Å². The van der Waals surface area contributed by atoms with Gasteiger partial charge >= 0.3 is 6.08 Å². The second-order valence-corrected chi connectivity index (χ2v) is 9.13. The highest BCUT2D eigenvalue weighted by molar-refractivity contribution is 5.82. The minimum atomic E-state index is -0.836. The number of hydrogen-bond acceptors (Lipinski definition) is 6. The Morgan fingerprint density at radius 2 is 2.03 bits per heavy atom. The van der Waals surface area contributed by atoms with Crippen LogP contribution in [0.15, 0.2) is 12.1 Å². The summed E-state index contributed by atoms with van der Waals surface area (Å²) in [5.41, 5.74) is 10.6. The van der Waals surface area contributed by atoms with Crippen molar-refractivity contribution in [2.75, 3.05) is 25.4 Å². The Kier molecular flexibility index (Phi) is 5.36. The standard InChI is InChI=1S/C22H29FN6O/c1-13-9-14-5-8-30-16(14)10-15(13)11-17-26-18-19(24)27-21(23)28-20(18)29(17)7-6-25-12-22(2,3)4/h9-10,25H,5-8,11-12H2,1-4H3,(H2,24,27,28). The number of nitrogens with zero attached hydrogens (tertiary/aromatic N) is 4. The van der Waals surface area contributed by atoms with E-state index >= 15 is 0 Å². The van der Waals surface area contributed by atoms with Crippen LogP contribution in [0.3, 0.4) is 0 Å². The fourth-order valence-corrected chi connectivity index (χ4v) is 3.81. The Morgan fingerprint density at radius 3 is 2.80 bits per heavy atom. The van der Waals surface area contributed by atoms with Gasteiger partial charge in [0.1, 0.15) is 11.6 Å². The summed E-state index contributed by atoms with van der Waals surface area (Å²) in [6.45, 7) is 11.6. The molecule has 0 atom stereocenters. The van der Waals surface area contributed by atoms with Crippen molar-refractivity contribution in [1.29, 1.82) is 0 Å². The van der Waals surface area contributed by atoms with Crippen LogP contribution in [-0.2, 0) is 19.4 Å². The monoisotopic (exact) mass is 412 g/mol. The summed E-state index contributed by atoms with van der Waals surface area (Å²) in [6.07, 6.45) is 0.691. The summed E-state index contributed by atoms with van der Waals surface area (Å²) in [6, 6.07) is 4.28. The van der Waals surface area contributed by atoms with Gasteiger partial charge in [-0.1, -0.05) is 26.8 Å². The molecule has 8 heteroatoms. The van der Waals surface area contributed by atoms with Gasteiger partial charge in [-0.05, 0) is 35.1 Å². The van der Waals surface area contributed by atoms with Gasteiger partial charge in [-0.15, -0.1) is 0 Å². The number of aryl methyl sites for hydroxylation is 1. The highest BCUT2D eigenvalue weighted by Gasteiger charge is 2.20. The third-order valence-electron chi connectivity index (χ3n) is 5.34. The molecule has 3 aromatic rings. The fourth-order valence-electron chi connectivity index (χ4n) is 3.81. The molecule has 0 aliphatic carbocycles. The lowest BCUT2D eigenvalue weighted by molar-refractivity contribution is 0.356. The number of nitrogens with two attached hydrogens (primary N) is 1. The molecule has 1 aliphatic rings. The molecule has 3 heterocycles. The van der Waals surface area contributed by atoms with Crippen LogP contribution in [-0.4, -0.2) is 39.2 Å². The van der Waals surface area contributed by atoms with Crippen molar-refractivity contribution in [1.82, 2.24) is 24.8 Å². The van der Waals surface area contributed by atoms with Crippen molar-refractivity contribution >= 4 is 17.0 Å². The highest BCUT2D eigenvalue weighted by Crippen LogP contribution is 2.30. The van der Waals surface area contributed by atoms with Gasteiger partial charge in [-0.2, -0.15) is 14.4 Å². The van der Waals surface area contributed by atoms with Crippen LogP contribution in [0.1, 0.15) is 43.3 Å². The van der Waals surface area contributed by atoms with E-state index in [-0.39, 0.29) is 11.2 Å². The number of nitrogens with one attached hydrogen (secondary N) is 1. The van der Waals surface area contributed by atoms with Gasteiger partial charge in [0.05, 0.1) is 6.61 Å². The van der Waals surface area contributed by atoms with Gasteiger partial charge in [0, 0.05) is 32.5 Å². The van der Waals surface area contributed by atoms with Crippen LogP contribution >= 0.6 is 0 Å². The topological polar surface area (TPSA) is 90.9 Å². The minimum absolute atomic E-state index is 0.0640. The molecule has 0 amide bonds. The predicted octanol–water partition coefficient (Wildman–Crippen LogP) is 3.02. The number of benzene rings is 1. The fraction of sp³-hybridized carbons (Fsp3) is 0.500. The molecule has 0 saturated heterocycles. The van der Waals surface area contributed by atoms with Gasteiger partial charge in [0.15, 0.2) is 17.0 Å². The number of aromatic nitrogens is 4. The zero-order valence-electron chi connectivity index (χ0n) is 18.0. The summed E-state index contributed by atoms with van der Waals surface area (Å²) in [4.78, 5) is 12.3. The van der Waals surface area contributed by atoms with Crippen LogP contribution in [0, 0.1) is 18.4 Å². The first-order valence-corrected chi connectivity index (χ1v) is 10.4. The number of anilines is 1. The molecule has 1 aliphatic heterocycles. The van der Waals surface area contributed by atoms with Crippen molar-refractivity contribution in [3.05, 3.63) is 40.7 Å². The molecule has 30 heavy (non-hydrogen) atoms. The lowest BCUT2D eigenvalue weighted by Crippen LogP contribution is -2.30. The summed E-state index contributed by atoms with van der Waals surface area (Å²) >= 11 is 0. The Labute approximate surface area is 175 Å². The molecule has 7 nitrogen and oxygen atoms in total. The van der Waals surface area contributed by atoms with Gasteiger partial charge < -0.3 is 20.4 Å². The van der Waals surface area contributed by atoms with Gasteiger partial charge in [0.25, 0.3) is 0 Å². The quantitative estimate of drug-likeness (QED) is 0.478. The van der Waals surface area contributed by atoms with E-state index in [9.17, 15) is 4.39 Å². The lowest BCUT2D eigenvalue weighted by Gasteiger charge is -2.19. The van der Waals surface area contributed by atoms with Crippen molar-refractivity contribution in [3.63, 3.8) is 0 Å². The third-order valence-corrected chi connectivity index (χ3v) is 5.34. The number of rotatable bonds is 6. The molecule has 2 aromatic heterocycles. The first kappa shape index (κ1) is 20.5. The van der Waals surface area contributed by atoms with E-state index < -0.39 is 6.08 Å². The van der Waals surface area contributed by atoms with Crippen LogP contribution in [0.5, 0.6) is 5.75 Å². The van der Waals surface area contributed by atoms with E-state index in [2.05, 4.69) is 60.1 Å². The molecule has 0 radical (unpaired) electrons. The maximum Gasteiger partial charge on any atom is 0.312 e. The Morgan fingerprint density at radius 1 is 1.23 bits per heavy atom. The maximum absolute atomic E-state index is 13.9. The largest absolute Gasteiger partial charge is 0.493 e. The number of halogens is 1. The summed E-state index contributed by atoms with van der Waals surface area (Å²) in [5, 5.41) is 3.46. The lowest BCUT2D eigenvalue weighted by atomic mass is 9.97. The molecule has 0 bridgehead atoms. The summed E-state index contributed by atoms with van der Waals surface area (Å²) < 4.78 is 21.6. The molecule has 0 saturated carbocycles. The third kappa shape index (κ3) is 4.23. The molecule has 0 fully saturated rings. The van der Waals surface area contributed by atoms with E-state index in [1.165, 1.54) is 11.1 Å². The number of nitrogen functional groups attached to an aromatic ring is 1. The average molecular weight is 413 g/mol. The molecular formula is C22H29FN6O. The number of hydrogen-bond donors (Lipinski definition) is 2. The van der Waals surface area contributed by atoms with Crippen LogP contribution < -0.4 is 15.8 Å². The molecule has 1 aromatic carbocycles. The van der Waals surface area contributed by atoms with Gasteiger partial charge in [-0.25, -0.2) is 4.98 Å². The van der Waals surface area contributed by atoms with E-state index in [1.54, 1.807) is 0 Å². The first-order valence-electron chi connectivity index (χ1n) is 10.4. The molecule has 3 N–H and O–H groups in total. The van der Waals surface area contributed by atoms with Crippen LogP contribution in [0.25, 0.3) is 11.2 Å². The number of fused-ring (bicyclic) bond motifs is 2. The Hall–Kier alpha value is -2.74. The van der Waals surface area contributed by atoms with Crippen LogP contribution in [0.4, 0.5) is 10.2 Å². The summed E-state index contributed by atoms with van der Waals surface area (Å²) in [5.74, 6) is 1.79. The van der Waals surface area contributed by atoms with Crippen molar-refractivity contribution in [2.24, 2.45) is 5.41 Å². The van der Waals surface area contributed by atoms with Gasteiger partial charge in [0.2, 0.25) is 0 Å². The first-order chi connectivity index (χ1) is 14.2. The van der Waals surface area contributed by atoms with E-state index in [4.69, 9.17) is 10.5 Å². The van der Waals surface area contributed by atoms with Crippen molar-refractivity contribution in [2.45, 2.75) is 47.1 Å². The SMILES string of the molecule is Cc1cc2c(cc1Cc1nc3c(N)nc(F)nc3n1CCNCC(C)(C)C)OCC2. The predicted molar refractivity (Wildman–Crippen MR) is 115 cm³/mol. The zero-order valence-corrected chi connectivity index (χ0v) is 18.0. The van der Waals surface area contributed by atoms with E-state index in [1.807, 2.05) is 4.57 Å². The molecule has 4 rings (SSSR count). The number of ether oxygens (including phenoxy) is 1. The van der Waals surface area contributed by atoms with Crippen molar-refractivity contribution in [3.8, 4) is 5.75 Å². The minimum Gasteiger partial charge on any atom is -0.493 e. The maximum atomic E-state index is 13.9. The normalized spacial score (nSPS) is 13.6. The second-order valence-electron chi connectivity index (χ2n) is 9.13. The smallest absolute Gasteiger partial charge is 0.312 e. The van der Waals surface area contributed by atoms with Crippen LogP contribution in [0.2, 0.25) is 0 Å². The molecule has 0 spiro atoms. The molecule has 0 unspecified atom stereocenters. The van der Waals surface area contributed by atoms with Gasteiger partial charge in [-0.3, -0.25) is 0 Å². The summed E-state index contributed by atoms with van der Waals surface area (Å²) in [7, 11) is 0. The Bertz CT molecular complexity index is 1090. The zero-order chi connectivity index (χ0) is 21.5. The van der Waals surface area contributed by atoms with E-state index in [0.29, 0.717) is 30.7 Å². The highest BCUT2D eigenvalue weighted by atomic mass is 19.1. The average Bonchev–Trinajstić information content (AvgIpc) is 3.23. The number of imidazole rings is 1. The Balaban J connectivity index is 1.67. The second kappa shape index (κ2) is 7.83. The van der Waals surface area contributed by atoms with E-state index in [0.717, 1.165) is 36.7 Å². The molecular weight excluding hydrogens is 383 g/mol. The molecule has 160 valence electrons.